The Morgan fingerprint density at radius 3 is 2.42 bits per heavy atom. The standard InChI is InChI=1S/C26H36O4S/c1-17-4-7-20(8-5-17)31(28,29)30-19-12-14-25(2)18(16-19)6-9-21-22-10-11-24(27)26(22,3)15-13-23(21)25/h4-5,7-8,18-19,21-23H,6,9-16H2,1-3H3/t18?,19-,21+,22+,23+,25+,26+/m1/s1. The number of carbonyl (C=O) groups is 1. The van der Waals surface area contributed by atoms with Gasteiger partial charge in [-0.15, -0.1) is 0 Å². The smallest absolute Gasteiger partial charge is 0.297 e. The maximum Gasteiger partial charge on any atom is 0.297 e. The van der Waals surface area contributed by atoms with Crippen LogP contribution in [0, 0.1) is 41.4 Å². The first-order chi connectivity index (χ1) is 14.6. The lowest BCUT2D eigenvalue weighted by molar-refractivity contribution is -0.141. The number of hydrogen-bond donors (Lipinski definition) is 0. The summed E-state index contributed by atoms with van der Waals surface area (Å²) in [5.74, 6) is 2.92. The van der Waals surface area contributed by atoms with Crippen molar-refractivity contribution in [2.45, 2.75) is 89.6 Å². The number of benzene rings is 1. The molecule has 0 bridgehead atoms. The predicted molar refractivity (Wildman–Crippen MR) is 120 cm³/mol. The third-order valence-corrected chi connectivity index (χ3v) is 11.3. The molecule has 5 rings (SSSR count). The second kappa shape index (κ2) is 7.41. The first-order valence-corrected chi connectivity index (χ1v) is 13.6. The highest BCUT2D eigenvalue weighted by Crippen LogP contribution is 2.65. The highest BCUT2D eigenvalue weighted by molar-refractivity contribution is 7.86. The Labute approximate surface area is 187 Å². The summed E-state index contributed by atoms with van der Waals surface area (Å²) in [6, 6.07) is 6.93. The van der Waals surface area contributed by atoms with Gasteiger partial charge < -0.3 is 0 Å². The van der Waals surface area contributed by atoms with Gasteiger partial charge in [-0.25, -0.2) is 0 Å². The van der Waals surface area contributed by atoms with E-state index >= 15 is 0 Å². The maximum atomic E-state index is 12.8. The molecule has 31 heavy (non-hydrogen) atoms. The molecule has 1 unspecified atom stereocenters. The van der Waals surface area contributed by atoms with Gasteiger partial charge in [0.1, 0.15) is 5.78 Å². The molecule has 0 spiro atoms. The van der Waals surface area contributed by atoms with Gasteiger partial charge in [0.25, 0.3) is 10.1 Å². The van der Waals surface area contributed by atoms with E-state index in [0.29, 0.717) is 29.5 Å². The lowest BCUT2D eigenvalue weighted by Gasteiger charge is -2.60. The van der Waals surface area contributed by atoms with Crippen molar-refractivity contribution in [1.29, 1.82) is 0 Å². The molecular formula is C26H36O4S. The summed E-state index contributed by atoms with van der Waals surface area (Å²) in [6.07, 6.45) is 8.85. The van der Waals surface area contributed by atoms with Gasteiger partial charge in [0.2, 0.25) is 0 Å². The third-order valence-electron chi connectivity index (χ3n) is 9.90. The summed E-state index contributed by atoms with van der Waals surface area (Å²) in [7, 11) is -3.72. The van der Waals surface area contributed by atoms with Crippen LogP contribution in [-0.4, -0.2) is 20.3 Å². The van der Waals surface area contributed by atoms with Crippen LogP contribution in [-0.2, 0) is 19.1 Å². The van der Waals surface area contributed by atoms with Crippen LogP contribution in [0.2, 0.25) is 0 Å². The largest absolute Gasteiger partial charge is 0.299 e. The van der Waals surface area contributed by atoms with E-state index in [1.165, 1.54) is 6.42 Å². The van der Waals surface area contributed by atoms with Crippen LogP contribution >= 0.6 is 0 Å². The van der Waals surface area contributed by atoms with E-state index in [9.17, 15) is 13.2 Å². The molecule has 4 fully saturated rings. The van der Waals surface area contributed by atoms with Gasteiger partial charge in [0.05, 0.1) is 11.0 Å². The number of Topliss-reactive ketones (excluding diaryl/α,β-unsaturated/α-hetero) is 1. The van der Waals surface area contributed by atoms with E-state index in [1.807, 2.05) is 19.1 Å². The molecule has 0 saturated heterocycles. The molecule has 4 nitrogen and oxygen atoms in total. The van der Waals surface area contributed by atoms with Crippen LogP contribution in [0.3, 0.4) is 0 Å². The minimum atomic E-state index is -3.72. The summed E-state index contributed by atoms with van der Waals surface area (Å²) in [6.45, 7) is 6.64. The summed E-state index contributed by atoms with van der Waals surface area (Å²) >= 11 is 0. The number of aryl methyl sites for hydroxylation is 1. The zero-order valence-electron chi connectivity index (χ0n) is 19.1. The van der Waals surface area contributed by atoms with Crippen LogP contribution in [0.1, 0.15) is 77.2 Å². The van der Waals surface area contributed by atoms with Crippen molar-refractivity contribution >= 4 is 15.9 Å². The van der Waals surface area contributed by atoms with Crippen LogP contribution in [0.4, 0.5) is 0 Å². The van der Waals surface area contributed by atoms with Gasteiger partial charge in [-0.1, -0.05) is 31.5 Å². The molecule has 4 aliphatic carbocycles. The third kappa shape index (κ3) is 3.42. The van der Waals surface area contributed by atoms with Gasteiger partial charge in [0.15, 0.2) is 0 Å². The van der Waals surface area contributed by atoms with Gasteiger partial charge >= 0.3 is 0 Å². The minimum absolute atomic E-state index is 0.0766. The number of rotatable bonds is 3. The van der Waals surface area contributed by atoms with Crippen molar-refractivity contribution in [2.24, 2.45) is 34.5 Å². The normalized spacial score (nSPS) is 42.5. The molecule has 4 saturated carbocycles. The zero-order chi connectivity index (χ0) is 22.0. The van der Waals surface area contributed by atoms with E-state index < -0.39 is 10.1 Å². The second-order valence-electron chi connectivity index (χ2n) is 11.3. The van der Waals surface area contributed by atoms with Crippen molar-refractivity contribution < 1.29 is 17.4 Å². The summed E-state index contributed by atoms with van der Waals surface area (Å²) < 4.78 is 31.4. The van der Waals surface area contributed by atoms with E-state index in [0.717, 1.165) is 56.9 Å². The van der Waals surface area contributed by atoms with E-state index in [-0.39, 0.29) is 21.8 Å². The highest BCUT2D eigenvalue weighted by Gasteiger charge is 2.60. The van der Waals surface area contributed by atoms with E-state index in [1.54, 1.807) is 12.1 Å². The van der Waals surface area contributed by atoms with Gasteiger partial charge in [-0.2, -0.15) is 8.42 Å². The molecule has 0 aliphatic heterocycles. The van der Waals surface area contributed by atoms with Gasteiger partial charge in [0, 0.05) is 11.8 Å². The molecule has 4 aliphatic rings. The van der Waals surface area contributed by atoms with E-state index in [2.05, 4.69) is 13.8 Å². The molecule has 0 aromatic heterocycles. The summed E-state index contributed by atoms with van der Waals surface area (Å²) in [4.78, 5) is 12.9. The molecule has 1 aromatic rings. The Hall–Kier alpha value is -1.20. The molecule has 170 valence electrons. The molecule has 5 heteroatoms. The average molecular weight is 445 g/mol. The first kappa shape index (κ1) is 21.6. The number of ketones is 1. The molecule has 0 heterocycles. The van der Waals surface area contributed by atoms with Crippen molar-refractivity contribution in [1.82, 2.24) is 0 Å². The fraction of sp³-hybridized carbons (Fsp3) is 0.731. The first-order valence-electron chi connectivity index (χ1n) is 12.2. The minimum Gasteiger partial charge on any atom is -0.299 e. The lowest BCUT2D eigenvalue weighted by Crippen LogP contribution is -2.54. The quantitative estimate of drug-likeness (QED) is 0.563. The fourth-order valence-corrected chi connectivity index (χ4v) is 9.13. The SMILES string of the molecule is Cc1ccc(S(=O)(=O)O[C@@H]2CC[C@@]3(C)C(CC[C@@H]4[C@@H]3CC[C@]3(C)C(=O)CC[C@@H]43)C2)cc1. The highest BCUT2D eigenvalue weighted by atomic mass is 32.2. The Balaban J connectivity index is 1.30. The second-order valence-corrected chi connectivity index (χ2v) is 12.9. The van der Waals surface area contributed by atoms with Gasteiger partial charge in [-0.05, 0) is 99.5 Å². The van der Waals surface area contributed by atoms with Crippen LogP contribution in [0.5, 0.6) is 0 Å². The lowest BCUT2D eigenvalue weighted by atomic mass is 9.45. The van der Waals surface area contributed by atoms with Crippen molar-refractivity contribution in [3.8, 4) is 0 Å². The monoisotopic (exact) mass is 444 g/mol. The van der Waals surface area contributed by atoms with E-state index in [4.69, 9.17) is 4.18 Å². The Kier molecular flexibility index (Phi) is 5.17. The Morgan fingerprint density at radius 2 is 1.68 bits per heavy atom. The number of hydrogen-bond acceptors (Lipinski definition) is 4. The number of fused-ring (bicyclic) bond motifs is 5. The fourth-order valence-electron chi connectivity index (χ4n) is 8.02. The topological polar surface area (TPSA) is 60.4 Å². The Morgan fingerprint density at radius 1 is 0.935 bits per heavy atom. The molecular weight excluding hydrogens is 408 g/mol. The van der Waals surface area contributed by atoms with Crippen molar-refractivity contribution in [3.05, 3.63) is 29.8 Å². The zero-order valence-corrected chi connectivity index (χ0v) is 19.9. The number of carbonyl (C=O) groups excluding carboxylic acids is 1. The van der Waals surface area contributed by atoms with Crippen LogP contribution in [0.15, 0.2) is 29.2 Å². The summed E-state index contributed by atoms with van der Waals surface area (Å²) in [5.41, 5.74) is 1.22. The van der Waals surface area contributed by atoms with Crippen molar-refractivity contribution in [3.63, 3.8) is 0 Å². The van der Waals surface area contributed by atoms with Crippen LogP contribution in [0.25, 0.3) is 0 Å². The molecule has 0 amide bonds. The Bertz CT molecular complexity index is 968. The maximum absolute atomic E-state index is 12.8. The molecule has 1 aromatic carbocycles. The summed E-state index contributed by atoms with van der Waals surface area (Å²) in [5, 5.41) is 0. The average Bonchev–Trinajstić information content (AvgIpc) is 3.03. The molecule has 0 N–H and O–H groups in total. The molecule has 7 atom stereocenters. The predicted octanol–water partition coefficient (Wildman–Crippen LogP) is 5.68. The van der Waals surface area contributed by atoms with Crippen molar-refractivity contribution in [2.75, 3.05) is 0 Å². The van der Waals surface area contributed by atoms with Crippen LogP contribution < -0.4 is 0 Å². The molecule has 0 radical (unpaired) electrons. The van der Waals surface area contributed by atoms with Gasteiger partial charge in [-0.3, -0.25) is 8.98 Å².